The number of hydrogen-bond acceptors (Lipinski definition) is 5. The largest absolute Gasteiger partial charge is 0.506 e. The van der Waals surface area contributed by atoms with E-state index in [0.717, 1.165) is 28.8 Å². The van der Waals surface area contributed by atoms with Crippen molar-refractivity contribution in [1.29, 1.82) is 0 Å². The molecule has 1 aromatic heterocycles. The van der Waals surface area contributed by atoms with E-state index in [2.05, 4.69) is 38.4 Å². The van der Waals surface area contributed by atoms with Crippen molar-refractivity contribution < 1.29 is 10.2 Å². The first-order valence-corrected chi connectivity index (χ1v) is 9.13. The molecule has 0 saturated heterocycles. The molecule has 5 nitrogen and oxygen atoms in total. The minimum Gasteiger partial charge on any atom is -0.506 e. The van der Waals surface area contributed by atoms with Gasteiger partial charge < -0.3 is 20.5 Å². The highest BCUT2D eigenvalue weighted by molar-refractivity contribution is 9.10. The Morgan fingerprint density at radius 1 is 1.21 bits per heavy atom. The van der Waals surface area contributed by atoms with Crippen LogP contribution in [0.4, 0.5) is 0 Å². The molecular weight excluding hydrogens is 392 g/mol. The molecule has 0 aliphatic rings. The Morgan fingerprint density at radius 3 is 2.71 bits per heavy atom. The summed E-state index contributed by atoms with van der Waals surface area (Å²) in [5, 5.41) is 23.4. The number of fused-ring (bicyclic) bond motifs is 1. The third-order valence-corrected chi connectivity index (χ3v) is 5.25. The van der Waals surface area contributed by atoms with Gasteiger partial charge in [0.15, 0.2) is 0 Å². The van der Waals surface area contributed by atoms with Gasteiger partial charge in [0, 0.05) is 16.6 Å². The van der Waals surface area contributed by atoms with Crippen molar-refractivity contribution in [3.63, 3.8) is 0 Å². The Morgan fingerprint density at radius 2 is 1.96 bits per heavy atom. The fraction of sp³-hybridized carbons (Fsp3) is 0.235. The van der Waals surface area contributed by atoms with Crippen LogP contribution in [-0.2, 0) is 6.42 Å². The highest BCUT2D eigenvalue weighted by Gasteiger charge is 2.15. The monoisotopic (exact) mass is 408 g/mol. The summed E-state index contributed by atoms with van der Waals surface area (Å²) in [5.41, 5.74) is 2.25. The van der Waals surface area contributed by atoms with Gasteiger partial charge in [-0.25, -0.2) is 0 Å². The predicted octanol–water partition coefficient (Wildman–Crippen LogP) is 2.92. The van der Waals surface area contributed by atoms with Crippen molar-refractivity contribution in [2.24, 2.45) is 0 Å². The number of halogens is 1. The second-order valence-corrected chi connectivity index (χ2v) is 7.39. The maximum Gasteiger partial charge on any atom is 0.305 e. The molecule has 7 heteroatoms. The standard InChI is InChI=1S/C17H17BrN2O3S/c18-11-3-1-10(2-4-11)7-8-19-9-14(22)12-5-6-13(21)15-16(12)24-17(23)20-15/h1-6,14,19,21-22H,7-9H2,(H,20,23)/t14-/m0/s1. The van der Waals surface area contributed by atoms with Crippen LogP contribution in [0.3, 0.4) is 0 Å². The van der Waals surface area contributed by atoms with Crippen LogP contribution in [0.1, 0.15) is 17.2 Å². The van der Waals surface area contributed by atoms with E-state index in [1.54, 1.807) is 6.07 Å². The van der Waals surface area contributed by atoms with Gasteiger partial charge in [0.2, 0.25) is 0 Å². The van der Waals surface area contributed by atoms with Gasteiger partial charge in [0.25, 0.3) is 0 Å². The molecule has 0 fully saturated rings. The molecule has 0 amide bonds. The number of phenols is 1. The second-order valence-electron chi connectivity index (χ2n) is 5.49. The lowest BCUT2D eigenvalue weighted by atomic mass is 10.1. The lowest BCUT2D eigenvalue weighted by Crippen LogP contribution is -2.23. The molecule has 0 aliphatic heterocycles. The van der Waals surface area contributed by atoms with Gasteiger partial charge in [-0.1, -0.05) is 45.5 Å². The number of hydrogen-bond donors (Lipinski definition) is 4. The van der Waals surface area contributed by atoms with Crippen LogP contribution >= 0.6 is 27.3 Å². The van der Waals surface area contributed by atoms with E-state index in [-0.39, 0.29) is 10.6 Å². The summed E-state index contributed by atoms with van der Waals surface area (Å²) in [6.45, 7) is 1.12. The number of aromatic hydroxyl groups is 1. The first kappa shape index (κ1) is 17.2. The molecule has 3 aromatic rings. The fourth-order valence-corrected chi connectivity index (χ4v) is 3.72. The van der Waals surface area contributed by atoms with E-state index >= 15 is 0 Å². The number of aliphatic hydroxyl groups is 1. The third kappa shape index (κ3) is 3.87. The van der Waals surface area contributed by atoms with E-state index in [1.165, 1.54) is 11.6 Å². The molecule has 0 saturated carbocycles. The van der Waals surface area contributed by atoms with Gasteiger partial charge in [-0.15, -0.1) is 0 Å². The van der Waals surface area contributed by atoms with E-state index in [4.69, 9.17) is 0 Å². The molecule has 0 bridgehead atoms. The maximum absolute atomic E-state index is 11.5. The van der Waals surface area contributed by atoms with Gasteiger partial charge in [-0.3, -0.25) is 4.79 Å². The summed E-state index contributed by atoms with van der Waals surface area (Å²) in [5.74, 6) is 0.0162. The van der Waals surface area contributed by atoms with Crippen molar-refractivity contribution in [2.45, 2.75) is 12.5 Å². The van der Waals surface area contributed by atoms with Crippen LogP contribution < -0.4 is 10.2 Å². The number of aromatic amines is 1. The fourth-order valence-electron chi connectivity index (χ4n) is 2.53. The topological polar surface area (TPSA) is 85.4 Å². The molecule has 3 rings (SSSR count). The Kier molecular flexibility index (Phi) is 5.35. The minimum absolute atomic E-state index is 0.0162. The molecule has 0 unspecified atom stereocenters. The minimum atomic E-state index is -0.746. The van der Waals surface area contributed by atoms with Crippen molar-refractivity contribution in [2.75, 3.05) is 13.1 Å². The number of benzene rings is 2. The Labute approximate surface area is 151 Å². The van der Waals surface area contributed by atoms with Gasteiger partial charge in [-0.2, -0.15) is 0 Å². The Hall–Kier alpha value is -1.67. The number of phenolic OH excluding ortho intramolecular Hbond substituents is 1. The van der Waals surface area contributed by atoms with Crippen LogP contribution in [0.15, 0.2) is 45.7 Å². The summed E-state index contributed by atoms with van der Waals surface area (Å²) in [7, 11) is 0. The third-order valence-electron chi connectivity index (χ3n) is 3.79. The molecule has 24 heavy (non-hydrogen) atoms. The number of thiazole rings is 1. The average molecular weight is 409 g/mol. The van der Waals surface area contributed by atoms with Gasteiger partial charge in [0.05, 0.1) is 10.8 Å². The predicted molar refractivity (Wildman–Crippen MR) is 99.8 cm³/mol. The van der Waals surface area contributed by atoms with Crippen molar-refractivity contribution in [1.82, 2.24) is 10.3 Å². The number of H-pyrrole nitrogens is 1. The smallest absolute Gasteiger partial charge is 0.305 e. The maximum atomic E-state index is 11.5. The molecule has 126 valence electrons. The molecular formula is C17H17BrN2O3S. The normalized spacial score (nSPS) is 12.6. The molecule has 0 spiro atoms. The molecule has 2 aromatic carbocycles. The highest BCUT2D eigenvalue weighted by Crippen LogP contribution is 2.31. The first-order chi connectivity index (χ1) is 11.5. The van der Waals surface area contributed by atoms with Gasteiger partial charge in [0.1, 0.15) is 11.3 Å². The first-order valence-electron chi connectivity index (χ1n) is 7.52. The van der Waals surface area contributed by atoms with Crippen molar-refractivity contribution in [3.05, 3.63) is 61.7 Å². The van der Waals surface area contributed by atoms with E-state index in [1.807, 2.05) is 12.1 Å². The lowest BCUT2D eigenvalue weighted by molar-refractivity contribution is 0.177. The zero-order chi connectivity index (χ0) is 17.1. The van der Waals surface area contributed by atoms with E-state index in [9.17, 15) is 15.0 Å². The zero-order valence-electron chi connectivity index (χ0n) is 12.8. The summed E-state index contributed by atoms with van der Waals surface area (Å²) in [4.78, 5) is 13.9. The van der Waals surface area contributed by atoms with E-state index in [0.29, 0.717) is 22.3 Å². The van der Waals surface area contributed by atoms with Crippen LogP contribution in [0.2, 0.25) is 0 Å². The zero-order valence-corrected chi connectivity index (χ0v) is 15.2. The van der Waals surface area contributed by atoms with E-state index < -0.39 is 6.10 Å². The SMILES string of the molecule is O=c1[nH]c2c(O)ccc([C@@H](O)CNCCc3ccc(Br)cc3)c2s1. The van der Waals surface area contributed by atoms with Crippen LogP contribution in [0.5, 0.6) is 5.75 Å². The summed E-state index contributed by atoms with van der Waals surface area (Å²) >= 11 is 4.40. The number of aromatic nitrogens is 1. The quantitative estimate of drug-likeness (QED) is 0.472. The Balaban J connectivity index is 1.61. The molecule has 1 atom stereocenters. The summed E-state index contributed by atoms with van der Waals surface area (Å²) < 4.78 is 1.65. The number of nitrogens with one attached hydrogen (secondary N) is 2. The van der Waals surface area contributed by atoms with Crippen LogP contribution in [-0.4, -0.2) is 28.3 Å². The molecule has 0 radical (unpaired) electrons. The lowest BCUT2D eigenvalue weighted by Gasteiger charge is -2.13. The second kappa shape index (κ2) is 7.48. The van der Waals surface area contributed by atoms with Gasteiger partial charge >= 0.3 is 4.87 Å². The summed E-state index contributed by atoms with van der Waals surface area (Å²) in [6, 6.07) is 11.3. The average Bonchev–Trinajstić information content (AvgIpc) is 2.96. The van der Waals surface area contributed by atoms with Crippen molar-refractivity contribution in [3.8, 4) is 5.75 Å². The van der Waals surface area contributed by atoms with Crippen LogP contribution in [0, 0.1) is 0 Å². The Bertz CT molecular complexity index is 889. The molecule has 4 N–H and O–H groups in total. The van der Waals surface area contributed by atoms with Gasteiger partial charge in [-0.05, 0) is 36.7 Å². The number of aliphatic hydroxyl groups excluding tert-OH is 1. The molecule has 0 aliphatic carbocycles. The number of rotatable bonds is 6. The van der Waals surface area contributed by atoms with Crippen molar-refractivity contribution >= 4 is 37.5 Å². The summed E-state index contributed by atoms with van der Waals surface area (Å²) in [6.07, 6.45) is 0.118. The molecule has 1 heterocycles. The highest BCUT2D eigenvalue weighted by atomic mass is 79.9. The van der Waals surface area contributed by atoms with Crippen LogP contribution in [0.25, 0.3) is 10.2 Å².